The van der Waals surface area contributed by atoms with Crippen LogP contribution in [0.25, 0.3) is 0 Å². The molecular formula is C18H34O8S2. The predicted octanol–water partition coefficient (Wildman–Crippen LogP) is 3.20. The minimum absolute atomic E-state index is 0.0398. The number of hydrogen-bond acceptors (Lipinski definition) is 7. The molecular weight excluding hydrogens is 408 g/mol. The highest BCUT2D eigenvalue weighted by atomic mass is 32.2. The summed E-state index contributed by atoms with van der Waals surface area (Å²) < 4.78 is 55.7. The van der Waals surface area contributed by atoms with Crippen LogP contribution < -0.4 is 0 Å². The molecule has 0 aliphatic carbocycles. The predicted molar refractivity (Wildman–Crippen MR) is 106 cm³/mol. The standard InChI is InChI=1S/C18H34O5S.O3S/c1-6-17(2,3)11-9-15(19)7-8-16(20)10-12-18(4,5)13-14-24(21,22)23;1-4(2)3/h6-14H2,1-5H3,(H,21,22,23);. The molecule has 0 rings (SSSR count). The monoisotopic (exact) mass is 442 g/mol. The Bertz CT molecular complexity index is 697. The molecule has 0 aromatic heterocycles. The highest BCUT2D eigenvalue weighted by Gasteiger charge is 2.22. The zero-order valence-corrected chi connectivity index (χ0v) is 19.1. The van der Waals surface area contributed by atoms with Crippen LogP contribution in [0, 0.1) is 10.8 Å². The molecule has 0 saturated heterocycles. The average Bonchev–Trinajstić information content (AvgIpc) is 2.54. The Labute approximate surface area is 170 Å². The second kappa shape index (κ2) is 13.2. The van der Waals surface area contributed by atoms with E-state index >= 15 is 0 Å². The summed E-state index contributed by atoms with van der Waals surface area (Å²) in [4.78, 5) is 23.8. The largest absolute Gasteiger partial charge is 0.425 e. The van der Waals surface area contributed by atoms with E-state index in [1.54, 1.807) is 0 Å². The van der Waals surface area contributed by atoms with Gasteiger partial charge in [0.1, 0.15) is 11.6 Å². The Hall–Kier alpha value is -1.13. The molecule has 0 aliphatic rings. The van der Waals surface area contributed by atoms with E-state index in [-0.39, 0.29) is 34.6 Å². The molecule has 0 aromatic rings. The van der Waals surface area contributed by atoms with Gasteiger partial charge in [-0.05, 0) is 30.1 Å². The number of rotatable bonds is 13. The summed E-state index contributed by atoms with van der Waals surface area (Å²) in [5, 5.41) is 0. The highest BCUT2D eigenvalue weighted by molar-refractivity contribution is 7.85. The molecule has 1 N–H and O–H groups in total. The van der Waals surface area contributed by atoms with E-state index in [2.05, 4.69) is 20.8 Å². The summed E-state index contributed by atoms with van der Waals surface area (Å²) in [7, 11) is -7.08. The van der Waals surface area contributed by atoms with E-state index in [1.807, 2.05) is 13.8 Å². The second-order valence-electron chi connectivity index (χ2n) is 8.50. The minimum Gasteiger partial charge on any atom is -0.300 e. The number of hydrogen-bond donors (Lipinski definition) is 1. The third-order valence-corrected chi connectivity index (χ3v) is 5.56. The number of carbonyl (C=O) groups is 2. The van der Waals surface area contributed by atoms with Crippen molar-refractivity contribution in [3.8, 4) is 0 Å². The summed E-state index contributed by atoms with van der Waals surface area (Å²) in [5.74, 6) is -0.117. The van der Waals surface area contributed by atoms with E-state index in [4.69, 9.17) is 17.2 Å². The van der Waals surface area contributed by atoms with Crippen molar-refractivity contribution >= 4 is 32.3 Å². The van der Waals surface area contributed by atoms with Gasteiger partial charge in [-0.2, -0.15) is 8.42 Å². The summed E-state index contributed by atoms with van der Waals surface area (Å²) >= 11 is 0. The zero-order chi connectivity index (χ0) is 22.6. The van der Waals surface area contributed by atoms with Crippen molar-refractivity contribution in [2.75, 3.05) is 5.75 Å². The van der Waals surface area contributed by atoms with E-state index in [1.165, 1.54) is 0 Å². The van der Waals surface area contributed by atoms with Crippen LogP contribution in [0.2, 0.25) is 0 Å². The van der Waals surface area contributed by atoms with Crippen LogP contribution in [-0.2, 0) is 30.3 Å². The van der Waals surface area contributed by atoms with E-state index in [0.29, 0.717) is 32.1 Å². The van der Waals surface area contributed by atoms with Crippen LogP contribution in [0.15, 0.2) is 0 Å². The van der Waals surface area contributed by atoms with E-state index in [9.17, 15) is 18.0 Å². The lowest BCUT2D eigenvalue weighted by Crippen LogP contribution is -2.19. The lowest BCUT2D eigenvalue weighted by molar-refractivity contribution is -0.124. The molecule has 0 radical (unpaired) electrons. The molecule has 28 heavy (non-hydrogen) atoms. The molecule has 0 aliphatic heterocycles. The lowest BCUT2D eigenvalue weighted by Gasteiger charge is -2.23. The molecule has 0 atom stereocenters. The molecule has 0 spiro atoms. The van der Waals surface area contributed by atoms with Gasteiger partial charge in [-0.1, -0.05) is 41.0 Å². The summed E-state index contributed by atoms with van der Waals surface area (Å²) in [6.07, 6.45) is 4.16. The van der Waals surface area contributed by atoms with Crippen LogP contribution in [0.1, 0.15) is 86.0 Å². The fourth-order valence-corrected chi connectivity index (χ4v) is 3.00. The first-order chi connectivity index (χ1) is 12.5. The minimum atomic E-state index is -3.97. The van der Waals surface area contributed by atoms with Crippen molar-refractivity contribution in [3.05, 3.63) is 0 Å². The summed E-state index contributed by atoms with van der Waals surface area (Å²) in [6.45, 7) is 10.1. The normalized spacial score (nSPS) is 12.1. The molecule has 166 valence electrons. The molecule has 0 unspecified atom stereocenters. The number of ketones is 2. The van der Waals surface area contributed by atoms with Crippen molar-refractivity contribution < 1.29 is 35.2 Å². The van der Waals surface area contributed by atoms with Gasteiger partial charge in [-0.15, -0.1) is 12.6 Å². The fraction of sp³-hybridized carbons (Fsp3) is 0.889. The van der Waals surface area contributed by atoms with Crippen LogP contribution in [0.5, 0.6) is 0 Å². The van der Waals surface area contributed by atoms with Crippen LogP contribution in [-0.4, -0.2) is 42.9 Å². The zero-order valence-electron chi connectivity index (χ0n) is 17.5. The maximum absolute atomic E-state index is 11.9. The third-order valence-electron chi connectivity index (χ3n) is 4.84. The average molecular weight is 443 g/mol. The van der Waals surface area contributed by atoms with Crippen LogP contribution in [0.3, 0.4) is 0 Å². The Kier molecular flexibility index (Phi) is 13.7. The van der Waals surface area contributed by atoms with Gasteiger partial charge in [-0.3, -0.25) is 14.1 Å². The highest BCUT2D eigenvalue weighted by Crippen LogP contribution is 2.28. The maximum Gasteiger partial charge on any atom is 0.425 e. The molecule has 0 aromatic carbocycles. The van der Waals surface area contributed by atoms with Crippen molar-refractivity contribution in [2.24, 2.45) is 10.8 Å². The smallest absolute Gasteiger partial charge is 0.300 e. The number of carbonyl (C=O) groups excluding carboxylic acids is 2. The molecule has 10 heteroatoms. The van der Waals surface area contributed by atoms with Gasteiger partial charge in [0.2, 0.25) is 0 Å². The summed E-state index contributed by atoms with van der Waals surface area (Å²) in [6, 6.07) is 0. The molecule has 0 heterocycles. The van der Waals surface area contributed by atoms with Gasteiger partial charge < -0.3 is 0 Å². The fourth-order valence-electron chi connectivity index (χ4n) is 2.19. The van der Waals surface area contributed by atoms with Crippen molar-refractivity contribution in [2.45, 2.75) is 86.0 Å². The molecule has 0 amide bonds. The van der Waals surface area contributed by atoms with Gasteiger partial charge >= 0.3 is 10.6 Å². The molecule has 0 saturated carbocycles. The maximum atomic E-state index is 11.9. The molecule has 8 nitrogen and oxygen atoms in total. The van der Waals surface area contributed by atoms with E-state index < -0.39 is 20.7 Å². The van der Waals surface area contributed by atoms with Crippen molar-refractivity contribution in [1.82, 2.24) is 0 Å². The molecule has 0 fully saturated rings. The van der Waals surface area contributed by atoms with Gasteiger partial charge in [0.25, 0.3) is 10.1 Å². The van der Waals surface area contributed by atoms with Crippen molar-refractivity contribution in [1.29, 1.82) is 0 Å². The van der Waals surface area contributed by atoms with Crippen LogP contribution >= 0.6 is 0 Å². The third kappa shape index (κ3) is 21.2. The second-order valence-corrected chi connectivity index (χ2v) is 10.5. The number of Topliss-reactive ketones (excluding diaryl/α,β-unsaturated/α-hetero) is 2. The van der Waals surface area contributed by atoms with Gasteiger partial charge in [0.05, 0.1) is 5.75 Å². The van der Waals surface area contributed by atoms with E-state index in [0.717, 1.165) is 12.8 Å². The Balaban J connectivity index is 0. The first-order valence-electron chi connectivity index (χ1n) is 9.25. The Morgan fingerprint density at radius 2 is 1.14 bits per heavy atom. The lowest BCUT2D eigenvalue weighted by atomic mass is 9.83. The summed E-state index contributed by atoms with van der Waals surface area (Å²) in [5.41, 5.74) is -0.169. The first-order valence-corrected chi connectivity index (χ1v) is 11.9. The topological polar surface area (TPSA) is 140 Å². The van der Waals surface area contributed by atoms with Crippen molar-refractivity contribution in [3.63, 3.8) is 0 Å². The van der Waals surface area contributed by atoms with Crippen LogP contribution in [0.4, 0.5) is 0 Å². The Morgan fingerprint density at radius 3 is 1.46 bits per heavy atom. The van der Waals surface area contributed by atoms with Gasteiger partial charge in [0, 0.05) is 25.7 Å². The first kappa shape index (κ1) is 29.1. The Morgan fingerprint density at radius 1 is 0.786 bits per heavy atom. The molecule has 0 bridgehead atoms. The van der Waals surface area contributed by atoms with Gasteiger partial charge in [-0.25, -0.2) is 0 Å². The van der Waals surface area contributed by atoms with Gasteiger partial charge in [0.15, 0.2) is 0 Å². The SMILES string of the molecule is CCC(C)(C)CCC(=O)CCC(=O)CCC(C)(C)CCS(=O)(=O)O.O=S(=O)=O. The quantitative estimate of drug-likeness (QED) is 0.429.